The molecule has 1 atom stereocenters. The van der Waals surface area contributed by atoms with E-state index in [9.17, 15) is 4.79 Å². The van der Waals surface area contributed by atoms with Crippen molar-refractivity contribution in [2.24, 2.45) is 0 Å². The molecule has 1 aliphatic heterocycles. The van der Waals surface area contributed by atoms with E-state index < -0.39 is 0 Å². The predicted octanol–water partition coefficient (Wildman–Crippen LogP) is 3.09. The summed E-state index contributed by atoms with van der Waals surface area (Å²) in [6, 6.07) is 8.17. The van der Waals surface area contributed by atoms with E-state index in [-0.39, 0.29) is 5.91 Å². The van der Waals surface area contributed by atoms with Gasteiger partial charge < -0.3 is 14.4 Å². The van der Waals surface area contributed by atoms with Crippen molar-refractivity contribution in [1.82, 2.24) is 19.4 Å². The molecule has 1 amide bonds. The van der Waals surface area contributed by atoms with Crippen LogP contribution in [0.3, 0.4) is 0 Å². The lowest BCUT2D eigenvalue weighted by molar-refractivity contribution is -0.131. The number of likely N-dealkylation sites (tertiary alicyclic amines) is 1. The molecular weight excluding hydrogens is 336 g/mol. The third-order valence-corrected chi connectivity index (χ3v) is 5.49. The molecule has 2 aromatic rings. The van der Waals surface area contributed by atoms with Gasteiger partial charge in [-0.2, -0.15) is 0 Å². The molecule has 1 fully saturated rings. The van der Waals surface area contributed by atoms with Crippen LogP contribution in [0, 0.1) is 6.92 Å². The number of hydrogen-bond acceptors (Lipinski definition) is 3. The Morgan fingerprint density at radius 2 is 2.11 bits per heavy atom. The van der Waals surface area contributed by atoms with Crippen molar-refractivity contribution in [2.45, 2.75) is 45.1 Å². The molecule has 0 unspecified atom stereocenters. The maximum Gasteiger partial charge on any atom is 0.227 e. The van der Waals surface area contributed by atoms with Crippen molar-refractivity contribution < 1.29 is 4.79 Å². The second-order valence-electron chi connectivity index (χ2n) is 7.92. The van der Waals surface area contributed by atoms with Crippen molar-refractivity contribution in [3.63, 3.8) is 0 Å². The highest BCUT2D eigenvalue weighted by molar-refractivity contribution is 5.79. The minimum atomic E-state index is 0.236. The summed E-state index contributed by atoms with van der Waals surface area (Å²) in [7, 11) is 4.21. The highest BCUT2D eigenvalue weighted by Gasteiger charge is 2.27. The van der Waals surface area contributed by atoms with Crippen LogP contribution >= 0.6 is 0 Å². The Morgan fingerprint density at radius 3 is 2.89 bits per heavy atom. The molecule has 0 aliphatic carbocycles. The van der Waals surface area contributed by atoms with Gasteiger partial charge in [0.05, 0.1) is 6.42 Å². The van der Waals surface area contributed by atoms with Gasteiger partial charge >= 0.3 is 0 Å². The fourth-order valence-electron chi connectivity index (χ4n) is 3.92. The van der Waals surface area contributed by atoms with Gasteiger partial charge in [-0.1, -0.05) is 24.3 Å². The second kappa shape index (κ2) is 9.18. The van der Waals surface area contributed by atoms with E-state index in [4.69, 9.17) is 0 Å². The molecule has 1 aromatic heterocycles. The molecule has 146 valence electrons. The van der Waals surface area contributed by atoms with Gasteiger partial charge in [0.2, 0.25) is 5.91 Å². The Labute approximate surface area is 163 Å². The molecule has 27 heavy (non-hydrogen) atoms. The number of aromatic nitrogens is 2. The Bertz CT molecular complexity index is 752. The van der Waals surface area contributed by atoms with E-state index in [1.165, 1.54) is 5.56 Å². The number of hydrogen-bond donors (Lipinski definition) is 0. The zero-order chi connectivity index (χ0) is 19.2. The number of imidazole rings is 1. The standard InChI is InChI=1S/C22H32N4O/c1-18-8-4-5-9-19(18)16-21(27)26-13-6-10-20(17-26)22-23-11-15-25(22)14-7-12-24(2)3/h4-5,8-9,11,15,20H,6-7,10,12-14,16-17H2,1-3H3/t20-/m0/s1. The average Bonchev–Trinajstić information content (AvgIpc) is 3.12. The van der Waals surface area contributed by atoms with Crippen molar-refractivity contribution in [3.8, 4) is 0 Å². The number of nitrogens with zero attached hydrogens (tertiary/aromatic N) is 4. The summed E-state index contributed by atoms with van der Waals surface area (Å²) >= 11 is 0. The van der Waals surface area contributed by atoms with Crippen LogP contribution in [-0.4, -0.2) is 59.0 Å². The Balaban J connectivity index is 1.62. The van der Waals surface area contributed by atoms with Crippen LogP contribution in [0.4, 0.5) is 0 Å². The smallest absolute Gasteiger partial charge is 0.227 e. The van der Waals surface area contributed by atoms with Crippen molar-refractivity contribution in [3.05, 3.63) is 53.6 Å². The molecule has 0 N–H and O–H groups in total. The van der Waals surface area contributed by atoms with Crippen LogP contribution < -0.4 is 0 Å². The number of carbonyl (C=O) groups is 1. The summed E-state index contributed by atoms with van der Waals surface area (Å²) in [4.78, 5) is 21.8. The third-order valence-electron chi connectivity index (χ3n) is 5.49. The van der Waals surface area contributed by atoms with Crippen LogP contribution in [0.15, 0.2) is 36.7 Å². The van der Waals surface area contributed by atoms with Gasteiger partial charge in [-0.15, -0.1) is 0 Å². The molecule has 5 heteroatoms. The first kappa shape index (κ1) is 19.6. The zero-order valence-corrected chi connectivity index (χ0v) is 16.9. The number of piperidine rings is 1. The summed E-state index contributed by atoms with van der Waals surface area (Å²) in [5.41, 5.74) is 2.32. The maximum atomic E-state index is 12.9. The van der Waals surface area contributed by atoms with Crippen LogP contribution in [0.2, 0.25) is 0 Å². The molecule has 1 aliphatic rings. The first-order valence-corrected chi connectivity index (χ1v) is 10.0. The van der Waals surface area contributed by atoms with Gasteiger partial charge in [0.15, 0.2) is 0 Å². The lowest BCUT2D eigenvalue weighted by Gasteiger charge is -2.33. The summed E-state index contributed by atoms with van der Waals surface area (Å²) < 4.78 is 2.28. The minimum Gasteiger partial charge on any atom is -0.342 e. The monoisotopic (exact) mass is 368 g/mol. The number of rotatable bonds is 7. The van der Waals surface area contributed by atoms with Crippen LogP contribution in [0.1, 0.15) is 42.1 Å². The molecule has 1 aromatic carbocycles. The molecular formula is C22H32N4O. The summed E-state index contributed by atoms with van der Waals surface area (Å²) in [5, 5.41) is 0. The Hall–Kier alpha value is -2.14. The lowest BCUT2D eigenvalue weighted by Crippen LogP contribution is -2.40. The van der Waals surface area contributed by atoms with Crippen LogP contribution in [0.25, 0.3) is 0 Å². The third kappa shape index (κ3) is 5.19. The second-order valence-corrected chi connectivity index (χ2v) is 7.92. The van der Waals surface area contributed by atoms with Gasteiger partial charge in [-0.05, 0) is 58.0 Å². The van der Waals surface area contributed by atoms with Crippen LogP contribution in [0.5, 0.6) is 0 Å². The Morgan fingerprint density at radius 1 is 1.30 bits per heavy atom. The number of amides is 1. The molecule has 1 saturated heterocycles. The van der Waals surface area contributed by atoms with Gasteiger partial charge in [0.25, 0.3) is 0 Å². The number of aryl methyl sites for hydroxylation is 2. The zero-order valence-electron chi connectivity index (χ0n) is 16.9. The van der Waals surface area contributed by atoms with Gasteiger partial charge in [-0.25, -0.2) is 4.98 Å². The fraction of sp³-hybridized carbons (Fsp3) is 0.545. The normalized spacial score (nSPS) is 17.5. The van der Waals surface area contributed by atoms with Crippen LogP contribution in [-0.2, 0) is 17.8 Å². The topological polar surface area (TPSA) is 41.4 Å². The molecule has 5 nitrogen and oxygen atoms in total. The van der Waals surface area contributed by atoms with E-state index in [0.717, 1.165) is 56.8 Å². The van der Waals surface area contributed by atoms with E-state index in [2.05, 4.69) is 53.8 Å². The molecule has 3 rings (SSSR count). The fourth-order valence-corrected chi connectivity index (χ4v) is 3.92. The van der Waals surface area contributed by atoms with Crippen molar-refractivity contribution in [1.29, 1.82) is 0 Å². The predicted molar refractivity (Wildman–Crippen MR) is 109 cm³/mol. The first-order valence-electron chi connectivity index (χ1n) is 10.0. The SMILES string of the molecule is Cc1ccccc1CC(=O)N1CCC[C@H](c2nccn2CCCN(C)C)C1. The quantitative estimate of drug-likeness (QED) is 0.754. The highest BCUT2D eigenvalue weighted by Crippen LogP contribution is 2.26. The van der Waals surface area contributed by atoms with Crippen molar-refractivity contribution in [2.75, 3.05) is 33.7 Å². The number of carbonyl (C=O) groups excluding carboxylic acids is 1. The van der Waals surface area contributed by atoms with E-state index in [0.29, 0.717) is 12.3 Å². The van der Waals surface area contributed by atoms with Gasteiger partial charge in [0.1, 0.15) is 5.82 Å². The molecule has 0 radical (unpaired) electrons. The maximum absolute atomic E-state index is 12.9. The lowest BCUT2D eigenvalue weighted by atomic mass is 9.96. The largest absolute Gasteiger partial charge is 0.342 e. The van der Waals surface area contributed by atoms with E-state index >= 15 is 0 Å². The first-order chi connectivity index (χ1) is 13.0. The van der Waals surface area contributed by atoms with Crippen molar-refractivity contribution >= 4 is 5.91 Å². The Kier molecular flexibility index (Phi) is 6.67. The molecule has 2 heterocycles. The molecule has 0 bridgehead atoms. The van der Waals surface area contributed by atoms with Gasteiger partial charge in [0, 0.05) is 37.9 Å². The average molecular weight is 369 g/mol. The summed E-state index contributed by atoms with van der Waals surface area (Å²) in [6.07, 6.45) is 7.75. The summed E-state index contributed by atoms with van der Waals surface area (Å²) in [5.74, 6) is 1.72. The molecule has 0 spiro atoms. The highest BCUT2D eigenvalue weighted by atomic mass is 16.2. The van der Waals surface area contributed by atoms with E-state index in [1.54, 1.807) is 0 Å². The van der Waals surface area contributed by atoms with E-state index in [1.807, 2.05) is 23.2 Å². The minimum absolute atomic E-state index is 0.236. The number of benzene rings is 1. The molecule has 0 saturated carbocycles. The summed E-state index contributed by atoms with van der Waals surface area (Å²) in [6.45, 7) is 5.79. The van der Waals surface area contributed by atoms with Gasteiger partial charge in [-0.3, -0.25) is 4.79 Å².